The summed E-state index contributed by atoms with van der Waals surface area (Å²) in [5.74, 6) is 1.92. The minimum absolute atomic E-state index is 0.391. The van der Waals surface area contributed by atoms with Crippen LogP contribution in [0, 0.1) is 6.92 Å². The van der Waals surface area contributed by atoms with Gasteiger partial charge in [0, 0.05) is 11.9 Å². The molecule has 1 aromatic heterocycles. The van der Waals surface area contributed by atoms with Crippen molar-refractivity contribution < 1.29 is 14.2 Å². The van der Waals surface area contributed by atoms with Gasteiger partial charge in [-0.05, 0) is 31.7 Å². The van der Waals surface area contributed by atoms with Crippen LogP contribution in [-0.4, -0.2) is 26.3 Å². The SMILES string of the molecule is CNCc1cc(OC)c(OCc2csc(C)n2)c(OC)c1. The van der Waals surface area contributed by atoms with E-state index in [9.17, 15) is 0 Å². The van der Waals surface area contributed by atoms with Crippen molar-refractivity contribution in [2.75, 3.05) is 21.3 Å². The van der Waals surface area contributed by atoms with Gasteiger partial charge in [0.2, 0.25) is 5.75 Å². The van der Waals surface area contributed by atoms with Gasteiger partial charge in [0.05, 0.1) is 24.9 Å². The second-order valence-electron chi connectivity index (χ2n) is 4.51. The lowest BCUT2D eigenvalue weighted by atomic mass is 10.2. The van der Waals surface area contributed by atoms with Crippen LogP contribution in [0.15, 0.2) is 17.5 Å². The molecule has 1 heterocycles. The van der Waals surface area contributed by atoms with Crippen molar-refractivity contribution >= 4 is 11.3 Å². The van der Waals surface area contributed by atoms with E-state index >= 15 is 0 Å². The minimum Gasteiger partial charge on any atom is -0.493 e. The van der Waals surface area contributed by atoms with Crippen LogP contribution in [0.4, 0.5) is 0 Å². The number of thiazole rings is 1. The maximum absolute atomic E-state index is 5.86. The highest BCUT2D eigenvalue weighted by Crippen LogP contribution is 2.39. The number of nitrogens with zero attached hydrogens (tertiary/aromatic N) is 1. The molecule has 21 heavy (non-hydrogen) atoms. The average molecular weight is 308 g/mol. The fraction of sp³-hybridized carbons (Fsp3) is 0.400. The highest BCUT2D eigenvalue weighted by molar-refractivity contribution is 7.09. The number of rotatable bonds is 7. The standard InChI is InChI=1S/C15H20N2O3S/c1-10-17-12(9-21-10)8-20-15-13(18-3)5-11(7-16-2)6-14(15)19-4/h5-6,9,16H,7-8H2,1-4H3. The van der Waals surface area contributed by atoms with Gasteiger partial charge in [0.25, 0.3) is 0 Å². The van der Waals surface area contributed by atoms with E-state index in [1.165, 1.54) is 0 Å². The van der Waals surface area contributed by atoms with Crippen LogP contribution in [-0.2, 0) is 13.2 Å². The maximum Gasteiger partial charge on any atom is 0.203 e. The largest absolute Gasteiger partial charge is 0.493 e. The van der Waals surface area contributed by atoms with E-state index in [0.29, 0.717) is 23.9 Å². The Balaban J connectivity index is 2.23. The fourth-order valence-electron chi connectivity index (χ4n) is 2.00. The molecule has 0 aliphatic rings. The smallest absolute Gasteiger partial charge is 0.203 e. The number of ether oxygens (including phenoxy) is 3. The summed E-state index contributed by atoms with van der Waals surface area (Å²) in [6, 6.07) is 3.89. The van der Waals surface area contributed by atoms with E-state index in [2.05, 4.69) is 10.3 Å². The van der Waals surface area contributed by atoms with Gasteiger partial charge in [-0.1, -0.05) is 0 Å². The highest BCUT2D eigenvalue weighted by atomic mass is 32.1. The van der Waals surface area contributed by atoms with Crippen LogP contribution in [0.2, 0.25) is 0 Å². The molecule has 0 aliphatic carbocycles. The van der Waals surface area contributed by atoms with E-state index < -0.39 is 0 Å². The van der Waals surface area contributed by atoms with Gasteiger partial charge < -0.3 is 19.5 Å². The maximum atomic E-state index is 5.86. The molecule has 0 radical (unpaired) electrons. The zero-order valence-corrected chi connectivity index (χ0v) is 13.5. The normalized spacial score (nSPS) is 10.5. The summed E-state index contributed by atoms with van der Waals surface area (Å²) in [5.41, 5.74) is 1.98. The van der Waals surface area contributed by atoms with Crippen molar-refractivity contribution in [3.8, 4) is 17.2 Å². The molecule has 0 amide bonds. The number of benzene rings is 1. The van der Waals surface area contributed by atoms with Crippen molar-refractivity contribution in [3.63, 3.8) is 0 Å². The average Bonchev–Trinajstić information content (AvgIpc) is 2.90. The quantitative estimate of drug-likeness (QED) is 0.852. The van der Waals surface area contributed by atoms with Gasteiger partial charge in [-0.2, -0.15) is 0 Å². The van der Waals surface area contributed by atoms with Crippen molar-refractivity contribution in [1.29, 1.82) is 0 Å². The summed E-state index contributed by atoms with van der Waals surface area (Å²) < 4.78 is 16.7. The molecule has 0 atom stereocenters. The Morgan fingerprint density at radius 1 is 1.19 bits per heavy atom. The van der Waals surface area contributed by atoms with Crippen molar-refractivity contribution in [2.24, 2.45) is 0 Å². The molecule has 2 rings (SSSR count). The zero-order valence-electron chi connectivity index (χ0n) is 12.7. The molecule has 0 bridgehead atoms. The van der Waals surface area contributed by atoms with Crippen molar-refractivity contribution in [1.82, 2.24) is 10.3 Å². The number of hydrogen-bond acceptors (Lipinski definition) is 6. The summed E-state index contributed by atoms with van der Waals surface area (Å²) in [7, 11) is 5.14. The molecule has 0 saturated carbocycles. The summed E-state index contributed by atoms with van der Waals surface area (Å²) in [4.78, 5) is 4.39. The number of nitrogens with one attached hydrogen (secondary N) is 1. The minimum atomic E-state index is 0.391. The first kappa shape index (κ1) is 15.6. The van der Waals surface area contributed by atoms with E-state index in [1.807, 2.05) is 31.5 Å². The molecule has 0 spiro atoms. The second-order valence-corrected chi connectivity index (χ2v) is 5.57. The molecule has 2 aromatic rings. The fourth-order valence-corrected chi connectivity index (χ4v) is 2.60. The van der Waals surface area contributed by atoms with Gasteiger partial charge in [-0.3, -0.25) is 0 Å². The molecule has 114 valence electrons. The number of hydrogen-bond donors (Lipinski definition) is 1. The van der Waals surface area contributed by atoms with Crippen molar-refractivity contribution in [2.45, 2.75) is 20.1 Å². The Kier molecular flexibility index (Phi) is 5.41. The van der Waals surface area contributed by atoms with Crippen LogP contribution in [0.25, 0.3) is 0 Å². The van der Waals surface area contributed by atoms with Gasteiger partial charge >= 0.3 is 0 Å². The molecule has 0 aliphatic heterocycles. The number of aromatic nitrogens is 1. The van der Waals surface area contributed by atoms with Gasteiger partial charge in [0.15, 0.2) is 11.5 Å². The summed E-state index contributed by atoms with van der Waals surface area (Å²) in [5, 5.41) is 6.12. The molecule has 1 aromatic carbocycles. The van der Waals surface area contributed by atoms with E-state index in [-0.39, 0.29) is 0 Å². The molecule has 0 saturated heterocycles. The molecular formula is C15H20N2O3S. The van der Waals surface area contributed by atoms with Crippen LogP contribution in [0.1, 0.15) is 16.3 Å². The Labute approximate surface area is 128 Å². The Bertz CT molecular complexity index is 573. The van der Waals surface area contributed by atoms with Gasteiger partial charge in [-0.25, -0.2) is 4.98 Å². The van der Waals surface area contributed by atoms with Crippen LogP contribution in [0.3, 0.4) is 0 Å². The number of methoxy groups -OCH3 is 2. The second kappa shape index (κ2) is 7.28. The lowest BCUT2D eigenvalue weighted by molar-refractivity contribution is 0.263. The Morgan fingerprint density at radius 2 is 1.86 bits per heavy atom. The third-order valence-corrected chi connectivity index (χ3v) is 3.75. The predicted octanol–water partition coefficient (Wildman–Crippen LogP) is 2.77. The summed E-state index contributed by atoms with van der Waals surface area (Å²) in [6.45, 7) is 3.10. The highest BCUT2D eigenvalue weighted by Gasteiger charge is 2.14. The molecule has 5 nitrogen and oxygen atoms in total. The first-order valence-electron chi connectivity index (χ1n) is 6.61. The summed E-state index contributed by atoms with van der Waals surface area (Å²) >= 11 is 1.61. The van der Waals surface area contributed by atoms with E-state index in [4.69, 9.17) is 14.2 Å². The van der Waals surface area contributed by atoms with Gasteiger partial charge in [0.1, 0.15) is 6.61 Å². The van der Waals surface area contributed by atoms with Crippen molar-refractivity contribution in [3.05, 3.63) is 33.8 Å². The van der Waals surface area contributed by atoms with Crippen LogP contribution in [0.5, 0.6) is 17.2 Å². The molecule has 0 unspecified atom stereocenters. The number of aryl methyl sites for hydroxylation is 1. The first-order chi connectivity index (χ1) is 10.2. The van der Waals surface area contributed by atoms with Crippen LogP contribution < -0.4 is 19.5 Å². The lowest BCUT2D eigenvalue weighted by Crippen LogP contribution is -2.07. The molecule has 1 N–H and O–H groups in total. The predicted molar refractivity (Wildman–Crippen MR) is 83.5 cm³/mol. The van der Waals surface area contributed by atoms with E-state index in [1.54, 1.807) is 25.6 Å². The topological polar surface area (TPSA) is 52.6 Å². The third-order valence-electron chi connectivity index (χ3n) is 2.93. The lowest BCUT2D eigenvalue weighted by Gasteiger charge is -2.15. The Hall–Kier alpha value is -1.79. The van der Waals surface area contributed by atoms with Gasteiger partial charge in [-0.15, -0.1) is 11.3 Å². The molecular weight excluding hydrogens is 288 g/mol. The monoisotopic (exact) mass is 308 g/mol. The zero-order chi connectivity index (χ0) is 15.2. The first-order valence-corrected chi connectivity index (χ1v) is 7.49. The van der Waals surface area contributed by atoms with Crippen LogP contribution >= 0.6 is 11.3 Å². The Morgan fingerprint density at radius 3 is 2.33 bits per heavy atom. The summed E-state index contributed by atoms with van der Waals surface area (Å²) in [6.07, 6.45) is 0. The molecule has 6 heteroatoms. The third kappa shape index (κ3) is 3.86. The van der Waals surface area contributed by atoms with E-state index in [0.717, 1.165) is 22.8 Å². The molecule has 0 fully saturated rings.